The number of aliphatic hydroxyl groups excluding tert-OH is 2. The van der Waals surface area contributed by atoms with Gasteiger partial charge in [0.05, 0.1) is 30.4 Å². The number of aliphatic imine (C=N–C) groups is 1. The smallest absolute Gasteiger partial charge is 0.343 e. The Kier molecular flexibility index (Phi) is 13.5. The Morgan fingerprint density at radius 2 is 1.43 bits per heavy atom. The lowest BCUT2D eigenvalue weighted by molar-refractivity contribution is -0.137. The van der Waals surface area contributed by atoms with E-state index >= 15 is 0 Å². The van der Waals surface area contributed by atoms with Gasteiger partial charge in [0.2, 0.25) is 0 Å². The second-order valence-corrected chi connectivity index (χ2v) is 9.88. The number of carboxylic acids is 1. The molecule has 0 saturated carbocycles. The largest absolute Gasteiger partial charge is 0.506 e. The Morgan fingerprint density at radius 3 is 1.86 bits per heavy atom. The number of halogens is 6. The highest BCUT2D eigenvalue weighted by molar-refractivity contribution is 14.1. The van der Waals surface area contributed by atoms with Crippen LogP contribution in [0.4, 0.5) is 17.6 Å². The molecule has 13 heteroatoms. The van der Waals surface area contributed by atoms with Crippen molar-refractivity contribution in [1.82, 2.24) is 0 Å². The summed E-state index contributed by atoms with van der Waals surface area (Å²) in [5.74, 6) is -6.63. The SMILES string of the molecule is CCOC(=O)C(C=N[C@H](CO)C(C)C)=C(O)c1cc(I)c(F)cc1F.O=C(O)c1cc(I)c(F)cc1F. The molecule has 0 fully saturated rings. The Bertz CT molecular complexity index is 1200. The molecule has 2 aromatic carbocycles. The van der Waals surface area contributed by atoms with Gasteiger partial charge in [0.15, 0.2) is 0 Å². The van der Waals surface area contributed by atoms with Crippen LogP contribution >= 0.6 is 45.2 Å². The number of aliphatic hydroxyl groups is 2. The second kappa shape index (κ2) is 15.2. The topological polar surface area (TPSA) is 116 Å². The number of rotatable bonds is 8. The number of hydrogen-bond donors (Lipinski definition) is 3. The van der Waals surface area contributed by atoms with E-state index in [2.05, 4.69) is 4.99 Å². The minimum Gasteiger partial charge on any atom is -0.506 e. The monoisotopic (exact) mass is 751 g/mol. The first-order valence-electron chi connectivity index (χ1n) is 10.5. The Morgan fingerprint density at radius 1 is 0.946 bits per heavy atom. The van der Waals surface area contributed by atoms with Gasteiger partial charge in [0.25, 0.3) is 0 Å². The van der Waals surface area contributed by atoms with Crippen molar-refractivity contribution in [1.29, 1.82) is 0 Å². The van der Waals surface area contributed by atoms with Crippen LogP contribution in [0, 0.1) is 36.3 Å². The molecular weight excluding hydrogens is 728 g/mol. The summed E-state index contributed by atoms with van der Waals surface area (Å²) in [6.07, 6.45) is 1.05. The molecule has 7 nitrogen and oxygen atoms in total. The van der Waals surface area contributed by atoms with Crippen molar-refractivity contribution in [3.8, 4) is 0 Å². The third kappa shape index (κ3) is 9.52. The lowest BCUT2D eigenvalue weighted by Gasteiger charge is -2.14. The zero-order valence-electron chi connectivity index (χ0n) is 19.7. The molecule has 2 rings (SSSR count). The summed E-state index contributed by atoms with van der Waals surface area (Å²) in [6, 6.07) is 2.71. The molecule has 0 unspecified atom stereocenters. The first-order valence-corrected chi connectivity index (χ1v) is 12.7. The van der Waals surface area contributed by atoms with E-state index in [4.69, 9.17) is 9.84 Å². The standard InChI is InChI=1S/C17H20F2INO4.C7H3F2IO2/c1-4-25-17(24)11(7-21-15(8-22)9(2)3)16(23)10-5-14(20)13(19)6-12(10)18;8-4-2-5(9)6(10)1-3(4)7(11)12/h5-7,9,15,22-23H,4,8H2,1-3H3;1-2H,(H,11,12)/t15-;/m1./s1. The molecule has 0 aromatic heterocycles. The van der Waals surface area contributed by atoms with E-state index in [0.29, 0.717) is 12.1 Å². The average molecular weight is 751 g/mol. The van der Waals surface area contributed by atoms with E-state index in [1.807, 2.05) is 13.8 Å². The number of hydrogen-bond acceptors (Lipinski definition) is 6. The van der Waals surface area contributed by atoms with Crippen molar-refractivity contribution >= 4 is 69.1 Å². The van der Waals surface area contributed by atoms with Crippen LogP contribution in [0.5, 0.6) is 0 Å². The highest BCUT2D eigenvalue weighted by Gasteiger charge is 2.21. The van der Waals surface area contributed by atoms with Gasteiger partial charge in [-0.15, -0.1) is 0 Å². The summed E-state index contributed by atoms with van der Waals surface area (Å²) in [5, 5.41) is 28.1. The predicted octanol–water partition coefficient (Wildman–Crippen LogP) is 5.76. The van der Waals surface area contributed by atoms with Crippen LogP contribution in [0.2, 0.25) is 0 Å². The molecule has 37 heavy (non-hydrogen) atoms. The molecule has 0 bridgehead atoms. The molecule has 0 radical (unpaired) electrons. The van der Waals surface area contributed by atoms with Crippen LogP contribution in [-0.2, 0) is 9.53 Å². The fourth-order valence-corrected chi connectivity index (χ4v) is 3.49. The molecule has 0 aliphatic rings. The molecule has 0 saturated heterocycles. The van der Waals surface area contributed by atoms with Gasteiger partial charge in [0.1, 0.15) is 34.6 Å². The number of ether oxygens (including phenoxy) is 1. The highest BCUT2D eigenvalue weighted by atomic mass is 127. The zero-order valence-corrected chi connectivity index (χ0v) is 24.1. The number of carbonyl (C=O) groups excluding carboxylic acids is 1. The quantitative estimate of drug-likeness (QED) is 0.0602. The van der Waals surface area contributed by atoms with Crippen LogP contribution in [0.3, 0.4) is 0 Å². The third-order valence-corrected chi connectivity index (χ3v) is 6.26. The fraction of sp³-hybridized carbons (Fsp3) is 0.292. The summed E-state index contributed by atoms with van der Waals surface area (Å²) < 4.78 is 57.7. The van der Waals surface area contributed by atoms with E-state index in [9.17, 15) is 37.4 Å². The van der Waals surface area contributed by atoms with Crippen LogP contribution in [0.15, 0.2) is 34.8 Å². The second-order valence-electron chi connectivity index (χ2n) is 7.55. The van der Waals surface area contributed by atoms with Crippen LogP contribution < -0.4 is 0 Å². The summed E-state index contributed by atoms with van der Waals surface area (Å²) in [6.45, 7) is 5.02. The van der Waals surface area contributed by atoms with Crippen LogP contribution in [0.25, 0.3) is 5.76 Å². The maximum Gasteiger partial charge on any atom is 0.343 e. The van der Waals surface area contributed by atoms with E-state index < -0.39 is 52.6 Å². The molecule has 0 amide bonds. The number of carboxylic acid groups (broad SMARTS) is 1. The van der Waals surface area contributed by atoms with Crippen molar-refractivity contribution in [2.75, 3.05) is 13.2 Å². The molecule has 1 atom stereocenters. The van der Waals surface area contributed by atoms with Gasteiger partial charge in [0, 0.05) is 25.5 Å². The lowest BCUT2D eigenvalue weighted by Crippen LogP contribution is -2.19. The minimum absolute atomic E-state index is 0.0182. The number of nitrogens with zero attached hydrogens (tertiary/aromatic N) is 1. The highest BCUT2D eigenvalue weighted by Crippen LogP contribution is 2.24. The van der Waals surface area contributed by atoms with Gasteiger partial charge in [-0.1, -0.05) is 13.8 Å². The van der Waals surface area contributed by atoms with E-state index in [0.717, 1.165) is 18.3 Å². The Hall–Kier alpha value is -2.27. The predicted molar refractivity (Wildman–Crippen MR) is 145 cm³/mol. The van der Waals surface area contributed by atoms with Gasteiger partial charge in [-0.3, -0.25) is 4.99 Å². The Balaban J connectivity index is 0.000000474. The first-order chi connectivity index (χ1) is 17.2. The van der Waals surface area contributed by atoms with Crippen molar-refractivity contribution in [3.05, 3.63) is 71.4 Å². The van der Waals surface area contributed by atoms with Gasteiger partial charge in [-0.25, -0.2) is 27.2 Å². The van der Waals surface area contributed by atoms with Crippen molar-refractivity contribution in [2.24, 2.45) is 10.9 Å². The van der Waals surface area contributed by atoms with E-state index in [1.54, 1.807) is 52.1 Å². The molecule has 0 spiro atoms. The number of carbonyl (C=O) groups is 2. The van der Waals surface area contributed by atoms with Gasteiger partial charge >= 0.3 is 11.9 Å². The van der Waals surface area contributed by atoms with Crippen LogP contribution in [-0.4, -0.2) is 52.7 Å². The molecular formula is C24H23F4I2NO6. The van der Waals surface area contributed by atoms with Crippen LogP contribution in [0.1, 0.15) is 36.7 Å². The summed E-state index contributed by atoms with van der Waals surface area (Å²) >= 11 is 3.24. The molecule has 0 heterocycles. The molecule has 0 aliphatic carbocycles. The first kappa shape index (κ1) is 32.8. The van der Waals surface area contributed by atoms with Gasteiger partial charge < -0.3 is 20.1 Å². The zero-order chi connectivity index (χ0) is 28.4. The average Bonchev–Trinajstić information content (AvgIpc) is 2.81. The lowest BCUT2D eigenvalue weighted by atomic mass is 10.1. The molecule has 202 valence electrons. The summed E-state index contributed by atoms with van der Waals surface area (Å²) in [4.78, 5) is 26.5. The van der Waals surface area contributed by atoms with E-state index in [-0.39, 0.29) is 37.4 Å². The molecule has 3 N–H and O–H groups in total. The maximum atomic E-state index is 14.0. The molecule has 0 aliphatic heterocycles. The molecule has 2 aromatic rings. The Labute approximate surface area is 237 Å². The summed E-state index contributed by atoms with van der Waals surface area (Å²) in [5.41, 5.74) is -1.23. The fourth-order valence-electron chi connectivity index (χ4n) is 2.56. The van der Waals surface area contributed by atoms with Crippen molar-refractivity contribution in [2.45, 2.75) is 26.8 Å². The van der Waals surface area contributed by atoms with E-state index in [1.165, 1.54) is 0 Å². The normalized spacial score (nSPS) is 12.6. The summed E-state index contributed by atoms with van der Waals surface area (Å²) in [7, 11) is 0. The van der Waals surface area contributed by atoms with Crippen molar-refractivity contribution in [3.63, 3.8) is 0 Å². The number of aromatic carboxylic acids is 1. The number of esters is 1. The maximum absolute atomic E-state index is 14.0. The van der Waals surface area contributed by atoms with Gasteiger partial charge in [-0.2, -0.15) is 0 Å². The third-order valence-electron chi connectivity index (χ3n) is 4.61. The number of benzene rings is 2. The minimum atomic E-state index is -1.40. The van der Waals surface area contributed by atoms with Gasteiger partial charge in [-0.05, 0) is 70.2 Å². The van der Waals surface area contributed by atoms with Crippen molar-refractivity contribution < 1.29 is 47.2 Å².